The van der Waals surface area contributed by atoms with E-state index in [1.807, 2.05) is 0 Å². The van der Waals surface area contributed by atoms with Crippen molar-refractivity contribution in [1.82, 2.24) is 0 Å². The van der Waals surface area contributed by atoms with Crippen LogP contribution in [-0.4, -0.2) is 29.4 Å². The van der Waals surface area contributed by atoms with Gasteiger partial charge in [0.05, 0.1) is 17.7 Å². The van der Waals surface area contributed by atoms with Crippen LogP contribution in [0.5, 0.6) is 0 Å². The smallest absolute Gasteiger partial charge is 0.339 e. The van der Waals surface area contributed by atoms with Crippen molar-refractivity contribution < 1.29 is 24.2 Å². The van der Waals surface area contributed by atoms with Gasteiger partial charge in [0.15, 0.2) is 5.78 Å². The number of ketones is 1. The van der Waals surface area contributed by atoms with E-state index in [-0.39, 0.29) is 29.9 Å². The quantitative estimate of drug-likeness (QED) is 0.612. The lowest BCUT2D eigenvalue weighted by molar-refractivity contribution is -0.115. The number of aromatic carboxylic acids is 1. The molecule has 94 valence electrons. The zero-order chi connectivity index (χ0) is 13.5. The lowest BCUT2D eigenvalue weighted by Gasteiger charge is -2.06. The Balaban J connectivity index is 2.70. The van der Waals surface area contributed by atoms with Gasteiger partial charge in [0.1, 0.15) is 0 Å². The van der Waals surface area contributed by atoms with Crippen molar-refractivity contribution >= 4 is 17.7 Å². The highest BCUT2D eigenvalue weighted by Gasteiger charge is 2.16. The Bertz CT molecular complexity index is 490. The number of hydrogen-bond donors (Lipinski definition) is 1. The highest BCUT2D eigenvalue weighted by atomic mass is 16.5. The predicted octanol–water partition coefficient (Wildman–Crippen LogP) is 1.69. The van der Waals surface area contributed by atoms with Crippen molar-refractivity contribution in [2.75, 3.05) is 6.61 Å². The van der Waals surface area contributed by atoms with Gasteiger partial charge >= 0.3 is 11.9 Å². The Hall–Kier alpha value is -2.43. The highest BCUT2D eigenvalue weighted by Crippen LogP contribution is 2.10. The predicted molar refractivity (Wildman–Crippen MR) is 63.5 cm³/mol. The van der Waals surface area contributed by atoms with E-state index in [4.69, 9.17) is 9.84 Å². The first-order valence-corrected chi connectivity index (χ1v) is 5.21. The van der Waals surface area contributed by atoms with Crippen LogP contribution in [0.3, 0.4) is 0 Å². The summed E-state index contributed by atoms with van der Waals surface area (Å²) in [5, 5.41) is 8.89. The number of rotatable bonds is 6. The van der Waals surface area contributed by atoms with E-state index in [1.54, 1.807) is 0 Å². The Kier molecular flexibility index (Phi) is 4.80. The molecule has 0 aromatic heterocycles. The fourth-order valence-electron chi connectivity index (χ4n) is 1.27. The third-order valence-corrected chi connectivity index (χ3v) is 2.19. The van der Waals surface area contributed by atoms with E-state index in [0.717, 1.165) is 6.08 Å². The van der Waals surface area contributed by atoms with Crippen molar-refractivity contribution in [3.8, 4) is 0 Å². The Morgan fingerprint density at radius 2 is 1.83 bits per heavy atom. The summed E-state index contributed by atoms with van der Waals surface area (Å²) in [5.41, 5.74) is -0.159. The van der Waals surface area contributed by atoms with Gasteiger partial charge in [0.2, 0.25) is 0 Å². The van der Waals surface area contributed by atoms with Gasteiger partial charge in [-0.3, -0.25) is 4.79 Å². The van der Waals surface area contributed by atoms with Crippen LogP contribution < -0.4 is 0 Å². The number of hydrogen-bond acceptors (Lipinski definition) is 4. The average molecular weight is 248 g/mol. The number of ether oxygens (including phenoxy) is 1. The number of carbonyl (C=O) groups is 3. The summed E-state index contributed by atoms with van der Waals surface area (Å²) in [7, 11) is 0. The van der Waals surface area contributed by atoms with Gasteiger partial charge in [0, 0.05) is 6.42 Å². The lowest BCUT2D eigenvalue weighted by Crippen LogP contribution is -2.13. The SMILES string of the molecule is C=CC(=O)CCOC(=O)c1ccccc1C(=O)O. The van der Waals surface area contributed by atoms with Crippen molar-refractivity contribution in [3.63, 3.8) is 0 Å². The summed E-state index contributed by atoms with van der Waals surface area (Å²) in [6.45, 7) is 3.19. The number of carbonyl (C=O) groups excluding carboxylic acids is 2. The molecule has 1 aromatic rings. The maximum absolute atomic E-state index is 11.6. The fraction of sp³-hybridized carbons (Fsp3) is 0.154. The molecule has 1 N–H and O–H groups in total. The minimum atomic E-state index is -1.20. The van der Waals surface area contributed by atoms with Crippen LogP contribution in [0.15, 0.2) is 36.9 Å². The number of carboxylic acids is 1. The molecule has 0 bridgehead atoms. The summed E-state index contributed by atoms with van der Waals surface area (Å²) >= 11 is 0. The minimum absolute atomic E-state index is 0.0314. The molecule has 5 nitrogen and oxygen atoms in total. The molecule has 0 saturated heterocycles. The summed E-state index contributed by atoms with van der Waals surface area (Å²) in [6, 6.07) is 5.73. The summed E-state index contributed by atoms with van der Waals surface area (Å²) < 4.78 is 4.82. The number of carboxylic acid groups (broad SMARTS) is 1. The van der Waals surface area contributed by atoms with Crippen molar-refractivity contribution in [2.24, 2.45) is 0 Å². The number of benzene rings is 1. The second kappa shape index (κ2) is 6.34. The van der Waals surface area contributed by atoms with Crippen LogP contribution in [0.1, 0.15) is 27.1 Å². The first-order chi connectivity index (χ1) is 8.56. The van der Waals surface area contributed by atoms with Gasteiger partial charge in [-0.15, -0.1) is 0 Å². The molecule has 0 radical (unpaired) electrons. The Morgan fingerprint density at radius 3 is 2.39 bits per heavy atom. The topological polar surface area (TPSA) is 80.7 Å². The van der Waals surface area contributed by atoms with E-state index in [9.17, 15) is 14.4 Å². The zero-order valence-corrected chi connectivity index (χ0v) is 9.59. The van der Waals surface area contributed by atoms with Gasteiger partial charge in [-0.1, -0.05) is 18.7 Å². The largest absolute Gasteiger partial charge is 0.478 e. The molecule has 0 aliphatic heterocycles. The number of allylic oxidation sites excluding steroid dienone is 1. The first kappa shape index (κ1) is 13.6. The van der Waals surface area contributed by atoms with Gasteiger partial charge in [0.25, 0.3) is 0 Å². The fourth-order valence-corrected chi connectivity index (χ4v) is 1.27. The normalized spacial score (nSPS) is 9.56. The Labute approximate surface area is 104 Å². The molecule has 0 unspecified atom stereocenters. The van der Waals surface area contributed by atoms with Crippen molar-refractivity contribution in [3.05, 3.63) is 48.0 Å². The van der Waals surface area contributed by atoms with Gasteiger partial charge in [-0.2, -0.15) is 0 Å². The monoisotopic (exact) mass is 248 g/mol. The summed E-state index contributed by atoms with van der Waals surface area (Å²) in [5.74, 6) is -2.20. The molecule has 0 aliphatic carbocycles. The van der Waals surface area contributed by atoms with Crippen LogP contribution in [-0.2, 0) is 9.53 Å². The second-order valence-electron chi connectivity index (χ2n) is 3.41. The molecule has 18 heavy (non-hydrogen) atoms. The molecule has 0 fully saturated rings. The minimum Gasteiger partial charge on any atom is -0.478 e. The summed E-state index contributed by atoms with van der Waals surface area (Å²) in [6.07, 6.45) is 1.17. The van der Waals surface area contributed by atoms with Crippen LogP contribution in [0.2, 0.25) is 0 Å². The second-order valence-corrected chi connectivity index (χ2v) is 3.41. The zero-order valence-electron chi connectivity index (χ0n) is 9.59. The van der Waals surface area contributed by atoms with Crippen molar-refractivity contribution in [1.29, 1.82) is 0 Å². The highest BCUT2D eigenvalue weighted by molar-refractivity contribution is 6.02. The maximum atomic E-state index is 11.6. The van der Waals surface area contributed by atoms with Gasteiger partial charge in [-0.25, -0.2) is 9.59 Å². The van der Waals surface area contributed by atoms with E-state index < -0.39 is 11.9 Å². The third-order valence-electron chi connectivity index (χ3n) is 2.19. The molecular weight excluding hydrogens is 236 g/mol. The molecule has 1 rings (SSSR count). The molecule has 0 amide bonds. The van der Waals surface area contributed by atoms with Gasteiger partial charge < -0.3 is 9.84 Å². The molecule has 0 saturated carbocycles. The third kappa shape index (κ3) is 3.55. The number of esters is 1. The van der Waals surface area contributed by atoms with Crippen LogP contribution in [0, 0.1) is 0 Å². The van der Waals surface area contributed by atoms with Gasteiger partial charge in [-0.05, 0) is 18.2 Å². The molecule has 0 aliphatic rings. The molecule has 1 aromatic carbocycles. The first-order valence-electron chi connectivity index (χ1n) is 5.21. The average Bonchev–Trinajstić information content (AvgIpc) is 2.38. The lowest BCUT2D eigenvalue weighted by atomic mass is 10.1. The van der Waals surface area contributed by atoms with E-state index in [1.165, 1.54) is 24.3 Å². The van der Waals surface area contributed by atoms with E-state index in [2.05, 4.69) is 6.58 Å². The molecule has 0 atom stereocenters. The molecule has 0 heterocycles. The molecule has 0 spiro atoms. The van der Waals surface area contributed by atoms with Crippen LogP contribution in [0.4, 0.5) is 0 Å². The summed E-state index contributed by atoms with van der Waals surface area (Å²) in [4.78, 5) is 33.4. The van der Waals surface area contributed by atoms with E-state index in [0.29, 0.717) is 0 Å². The maximum Gasteiger partial charge on any atom is 0.339 e. The molecule has 5 heteroatoms. The Morgan fingerprint density at radius 1 is 1.22 bits per heavy atom. The molecular formula is C13H12O5. The van der Waals surface area contributed by atoms with Crippen molar-refractivity contribution in [2.45, 2.75) is 6.42 Å². The van der Waals surface area contributed by atoms with E-state index >= 15 is 0 Å². The standard InChI is InChI=1S/C13H12O5/c1-2-9(14)7-8-18-13(17)11-6-4-3-5-10(11)12(15)16/h2-6H,1,7-8H2,(H,15,16). The van der Waals surface area contributed by atoms with Crippen LogP contribution in [0.25, 0.3) is 0 Å². The van der Waals surface area contributed by atoms with Crippen LogP contribution >= 0.6 is 0 Å².